The Hall–Kier alpha value is -2.73. The molecular formula is C22H24N4O3S. The number of sulfonamides is 1. The van der Waals surface area contributed by atoms with Crippen LogP contribution in [-0.2, 0) is 34.3 Å². The molecule has 30 heavy (non-hydrogen) atoms. The molecule has 2 aromatic rings. The number of benzene rings is 2. The third kappa shape index (κ3) is 3.84. The van der Waals surface area contributed by atoms with Crippen molar-refractivity contribution in [3.8, 4) is 6.07 Å². The van der Waals surface area contributed by atoms with Gasteiger partial charge in [0.2, 0.25) is 15.9 Å². The normalized spacial score (nSPS) is 19.0. The summed E-state index contributed by atoms with van der Waals surface area (Å²) in [5.41, 5.74) is 3.55. The number of nitrogens with one attached hydrogen (secondary N) is 1. The van der Waals surface area contributed by atoms with Gasteiger partial charge in [-0.15, -0.1) is 0 Å². The maximum absolute atomic E-state index is 13.2. The second-order valence-corrected chi connectivity index (χ2v) is 9.75. The third-order valence-electron chi connectivity index (χ3n) is 5.88. The van der Waals surface area contributed by atoms with Crippen molar-refractivity contribution in [2.75, 3.05) is 20.1 Å². The fourth-order valence-electron chi connectivity index (χ4n) is 4.13. The van der Waals surface area contributed by atoms with Crippen LogP contribution < -0.4 is 5.32 Å². The van der Waals surface area contributed by atoms with Gasteiger partial charge in [-0.3, -0.25) is 4.79 Å². The molecule has 2 aromatic carbocycles. The lowest BCUT2D eigenvalue weighted by Gasteiger charge is -2.25. The number of hydrogen-bond donors (Lipinski definition) is 1. The van der Waals surface area contributed by atoms with Crippen LogP contribution in [0.2, 0.25) is 0 Å². The first-order valence-corrected chi connectivity index (χ1v) is 11.4. The fraction of sp³-hybridized carbons (Fsp3) is 0.364. The van der Waals surface area contributed by atoms with Gasteiger partial charge >= 0.3 is 0 Å². The van der Waals surface area contributed by atoms with Gasteiger partial charge < -0.3 is 10.2 Å². The van der Waals surface area contributed by atoms with E-state index in [0.717, 1.165) is 29.7 Å². The van der Waals surface area contributed by atoms with Crippen molar-refractivity contribution >= 4 is 15.9 Å². The zero-order chi connectivity index (χ0) is 21.3. The van der Waals surface area contributed by atoms with E-state index in [4.69, 9.17) is 5.26 Å². The lowest BCUT2D eigenvalue weighted by atomic mass is 10.0. The van der Waals surface area contributed by atoms with Gasteiger partial charge in [0.15, 0.2) is 0 Å². The van der Waals surface area contributed by atoms with Crippen molar-refractivity contribution in [1.82, 2.24) is 14.5 Å². The van der Waals surface area contributed by atoms with Gasteiger partial charge in [0, 0.05) is 26.7 Å². The number of amides is 1. The number of carbonyl (C=O) groups excluding carboxylic acids is 1. The standard InChI is InChI=1S/C22H24N4O3S/c1-25(30(28,29)20-6-5-18-7-9-24-14-19(18)12-20)21-8-10-26(22(21)27)15-17-4-2-3-16(11-17)13-23/h2-6,11-12,21,24H,7-10,14-15H2,1H3/t21-/m0/s1. The van der Waals surface area contributed by atoms with Crippen molar-refractivity contribution < 1.29 is 13.2 Å². The summed E-state index contributed by atoms with van der Waals surface area (Å²) in [4.78, 5) is 14.8. The minimum Gasteiger partial charge on any atom is -0.337 e. The molecule has 1 fully saturated rings. The number of likely N-dealkylation sites (tertiary alicyclic amines) is 1. The van der Waals surface area contributed by atoms with Crippen LogP contribution in [-0.4, -0.2) is 49.7 Å². The Morgan fingerprint density at radius 1 is 1.23 bits per heavy atom. The van der Waals surface area contributed by atoms with Crippen molar-refractivity contribution in [3.63, 3.8) is 0 Å². The van der Waals surface area contributed by atoms with Gasteiger partial charge in [0.05, 0.1) is 16.5 Å². The van der Waals surface area contributed by atoms with E-state index in [9.17, 15) is 13.2 Å². The summed E-state index contributed by atoms with van der Waals surface area (Å²) in [6.07, 6.45) is 1.33. The summed E-state index contributed by atoms with van der Waals surface area (Å²) in [7, 11) is -2.30. The quantitative estimate of drug-likeness (QED) is 0.787. The number of likely N-dealkylation sites (N-methyl/N-ethyl adjacent to an activating group) is 1. The summed E-state index contributed by atoms with van der Waals surface area (Å²) >= 11 is 0. The summed E-state index contributed by atoms with van der Waals surface area (Å²) in [5.74, 6) is -0.205. The zero-order valence-electron chi connectivity index (χ0n) is 16.8. The highest BCUT2D eigenvalue weighted by atomic mass is 32.2. The number of rotatable bonds is 5. The van der Waals surface area contributed by atoms with E-state index in [1.807, 2.05) is 12.1 Å². The molecule has 0 aliphatic carbocycles. The van der Waals surface area contributed by atoms with Crippen LogP contribution in [0.25, 0.3) is 0 Å². The van der Waals surface area contributed by atoms with Crippen LogP contribution in [0, 0.1) is 11.3 Å². The number of carbonyl (C=O) groups is 1. The van der Waals surface area contributed by atoms with Gasteiger partial charge in [-0.2, -0.15) is 9.57 Å². The monoisotopic (exact) mass is 424 g/mol. The number of nitrogens with zero attached hydrogens (tertiary/aromatic N) is 3. The van der Waals surface area contributed by atoms with Gasteiger partial charge in [0.25, 0.3) is 0 Å². The minimum absolute atomic E-state index is 0.205. The molecule has 0 saturated carbocycles. The van der Waals surface area contributed by atoms with E-state index in [1.165, 1.54) is 11.4 Å². The summed E-state index contributed by atoms with van der Waals surface area (Å²) < 4.78 is 27.6. The first-order valence-electron chi connectivity index (χ1n) is 9.98. The number of nitriles is 1. The molecule has 1 atom stereocenters. The Morgan fingerprint density at radius 3 is 2.87 bits per heavy atom. The number of fused-ring (bicyclic) bond motifs is 1. The van der Waals surface area contributed by atoms with Crippen molar-refractivity contribution in [1.29, 1.82) is 5.26 Å². The summed E-state index contributed by atoms with van der Waals surface area (Å²) in [6.45, 7) is 2.39. The Bertz CT molecular complexity index is 1120. The largest absolute Gasteiger partial charge is 0.337 e. The first kappa shape index (κ1) is 20.5. The van der Waals surface area contributed by atoms with Crippen molar-refractivity contribution in [2.45, 2.75) is 36.9 Å². The molecule has 2 aliphatic rings. The van der Waals surface area contributed by atoms with Crippen LogP contribution in [0.5, 0.6) is 0 Å². The van der Waals surface area contributed by atoms with Gasteiger partial charge in [-0.05, 0) is 60.3 Å². The number of hydrogen-bond acceptors (Lipinski definition) is 5. The second kappa shape index (κ2) is 8.19. The van der Waals surface area contributed by atoms with Crippen molar-refractivity contribution in [3.05, 3.63) is 64.7 Å². The molecule has 0 spiro atoms. The summed E-state index contributed by atoms with van der Waals surface area (Å²) in [5, 5.41) is 12.3. The molecule has 0 bridgehead atoms. The molecule has 0 aromatic heterocycles. The second-order valence-electron chi connectivity index (χ2n) is 7.75. The Morgan fingerprint density at radius 2 is 2.07 bits per heavy atom. The predicted octanol–water partition coefficient (Wildman–Crippen LogP) is 1.63. The lowest BCUT2D eigenvalue weighted by molar-refractivity contribution is -0.131. The smallest absolute Gasteiger partial charge is 0.243 e. The molecule has 1 amide bonds. The topological polar surface area (TPSA) is 93.5 Å². The third-order valence-corrected chi connectivity index (χ3v) is 7.74. The molecule has 7 nitrogen and oxygen atoms in total. The van der Waals surface area contributed by atoms with E-state index in [1.54, 1.807) is 35.2 Å². The molecule has 1 N–H and O–H groups in total. The Kier molecular flexibility index (Phi) is 5.60. The van der Waals surface area contributed by atoms with Crippen LogP contribution >= 0.6 is 0 Å². The fourth-order valence-corrected chi connectivity index (χ4v) is 5.52. The highest BCUT2D eigenvalue weighted by Crippen LogP contribution is 2.26. The molecule has 1 saturated heterocycles. The van der Waals surface area contributed by atoms with Crippen LogP contribution in [0.3, 0.4) is 0 Å². The molecule has 2 aliphatic heterocycles. The van der Waals surface area contributed by atoms with Gasteiger partial charge in [-0.1, -0.05) is 18.2 Å². The van der Waals surface area contributed by atoms with E-state index >= 15 is 0 Å². The predicted molar refractivity (Wildman–Crippen MR) is 112 cm³/mol. The maximum Gasteiger partial charge on any atom is 0.243 e. The molecule has 4 rings (SSSR count). The van der Waals surface area contributed by atoms with E-state index in [0.29, 0.717) is 31.6 Å². The Balaban J connectivity index is 1.51. The minimum atomic E-state index is -3.78. The summed E-state index contributed by atoms with van der Waals surface area (Å²) in [6, 6.07) is 13.7. The average molecular weight is 425 g/mol. The molecule has 0 radical (unpaired) electrons. The molecule has 2 heterocycles. The zero-order valence-corrected chi connectivity index (χ0v) is 17.7. The van der Waals surface area contributed by atoms with Crippen LogP contribution in [0.1, 0.15) is 28.7 Å². The first-order chi connectivity index (χ1) is 14.4. The SMILES string of the molecule is CN([C@H]1CCN(Cc2cccc(C#N)c2)C1=O)S(=O)(=O)c1ccc2c(c1)CNCC2. The Labute approximate surface area is 177 Å². The van der Waals surface area contributed by atoms with Crippen LogP contribution in [0.4, 0.5) is 0 Å². The van der Waals surface area contributed by atoms with E-state index < -0.39 is 16.1 Å². The van der Waals surface area contributed by atoms with Crippen molar-refractivity contribution in [2.24, 2.45) is 0 Å². The van der Waals surface area contributed by atoms with E-state index in [2.05, 4.69) is 11.4 Å². The van der Waals surface area contributed by atoms with E-state index in [-0.39, 0.29) is 10.8 Å². The lowest BCUT2D eigenvalue weighted by Crippen LogP contribution is -2.42. The molecule has 8 heteroatoms. The van der Waals surface area contributed by atoms with Crippen LogP contribution in [0.15, 0.2) is 47.4 Å². The average Bonchev–Trinajstić information content (AvgIpc) is 3.12. The molecule has 156 valence electrons. The highest BCUT2D eigenvalue weighted by Gasteiger charge is 2.39. The molecule has 0 unspecified atom stereocenters. The molecular weight excluding hydrogens is 400 g/mol. The van der Waals surface area contributed by atoms with Gasteiger partial charge in [-0.25, -0.2) is 8.42 Å². The van der Waals surface area contributed by atoms with Gasteiger partial charge in [0.1, 0.15) is 6.04 Å². The highest BCUT2D eigenvalue weighted by molar-refractivity contribution is 7.89. The maximum atomic E-state index is 13.2.